The minimum Gasteiger partial charge on any atom is -0.351 e. The highest BCUT2D eigenvalue weighted by Gasteiger charge is 2.31. The van der Waals surface area contributed by atoms with E-state index >= 15 is 0 Å². The number of nitrogens with zero attached hydrogens (tertiary/aromatic N) is 2. The molecule has 1 aromatic carbocycles. The molecule has 1 amide bonds. The molecule has 1 aliphatic rings. The van der Waals surface area contributed by atoms with Gasteiger partial charge in [-0.05, 0) is 18.9 Å². The SMILES string of the molecule is CC(=O)NCc1csc([C@@H]2CCCN(S(=O)(=O)Cc3ccccc3F)C2)n1. The molecule has 0 radical (unpaired) electrons. The fourth-order valence-electron chi connectivity index (χ4n) is 3.11. The van der Waals surface area contributed by atoms with Crippen molar-refractivity contribution in [3.63, 3.8) is 0 Å². The van der Waals surface area contributed by atoms with Gasteiger partial charge in [-0.1, -0.05) is 18.2 Å². The molecule has 1 N–H and O–H groups in total. The quantitative estimate of drug-likeness (QED) is 0.793. The molecule has 3 rings (SSSR count). The van der Waals surface area contributed by atoms with Crippen molar-refractivity contribution < 1.29 is 17.6 Å². The van der Waals surface area contributed by atoms with Crippen LogP contribution in [0.2, 0.25) is 0 Å². The number of sulfonamides is 1. The highest BCUT2D eigenvalue weighted by atomic mass is 32.2. The molecule has 1 atom stereocenters. The molecule has 1 aromatic heterocycles. The van der Waals surface area contributed by atoms with E-state index in [0.29, 0.717) is 19.6 Å². The summed E-state index contributed by atoms with van der Waals surface area (Å²) in [4.78, 5) is 15.6. The number of carbonyl (C=O) groups is 1. The molecule has 6 nitrogen and oxygen atoms in total. The highest BCUT2D eigenvalue weighted by molar-refractivity contribution is 7.88. The van der Waals surface area contributed by atoms with Crippen molar-refractivity contribution in [1.82, 2.24) is 14.6 Å². The van der Waals surface area contributed by atoms with E-state index in [0.717, 1.165) is 23.5 Å². The van der Waals surface area contributed by atoms with Crippen LogP contribution in [-0.4, -0.2) is 36.7 Å². The molecule has 1 saturated heterocycles. The molecule has 0 unspecified atom stereocenters. The Kier molecular flexibility index (Phi) is 6.23. The van der Waals surface area contributed by atoms with Gasteiger partial charge in [0.15, 0.2) is 0 Å². The molecule has 0 saturated carbocycles. The van der Waals surface area contributed by atoms with Gasteiger partial charge in [0.25, 0.3) is 0 Å². The summed E-state index contributed by atoms with van der Waals surface area (Å²) in [5.74, 6) is -0.937. The van der Waals surface area contributed by atoms with Crippen LogP contribution in [0.15, 0.2) is 29.6 Å². The summed E-state index contributed by atoms with van der Waals surface area (Å²) in [5, 5.41) is 5.47. The zero-order valence-corrected chi connectivity index (χ0v) is 16.7. The van der Waals surface area contributed by atoms with E-state index in [1.165, 1.54) is 34.7 Å². The van der Waals surface area contributed by atoms with Gasteiger partial charge in [0, 0.05) is 36.9 Å². The number of aromatic nitrogens is 1. The highest BCUT2D eigenvalue weighted by Crippen LogP contribution is 2.31. The lowest BCUT2D eigenvalue weighted by Crippen LogP contribution is -2.39. The lowest BCUT2D eigenvalue weighted by Gasteiger charge is -2.31. The second-order valence-electron chi connectivity index (χ2n) is 6.63. The standard InChI is InChI=1S/C18H22FN3O3S2/c1-13(23)20-9-16-11-26-18(21-16)14-6-4-8-22(10-14)27(24,25)12-15-5-2-3-7-17(15)19/h2-3,5,7,11,14H,4,6,8-10,12H2,1H3,(H,20,23)/t14-/m1/s1. The molecule has 0 spiro atoms. The maximum atomic E-state index is 13.8. The van der Waals surface area contributed by atoms with Crippen LogP contribution in [-0.2, 0) is 27.1 Å². The summed E-state index contributed by atoms with van der Waals surface area (Å²) in [6.07, 6.45) is 1.60. The van der Waals surface area contributed by atoms with Crippen molar-refractivity contribution in [2.75, 3.05) is 13.1 Å². The third-order valence-corrected chi connectivity index (χ3v) is 7.36. The number of piperidine rings is 1. The number of amides is 1. The van der Waals surface area contributed by atoms with E-state index in [1.807, 2.05) is 5.38 Å². The average molecular weight is 412 g/mol. The van der Waals surface area contributed by atoms with Crippen LogP contribution in [0.25, 0.3) is 0 Å². The van der Waals surface area contributed by atoms with Crippen LogP contribution in [0.3, 0.4) is 0 Å². The Bertz CT molecular complexity index is 914. The summed E-state index contributed by atoms with van der Waals surface area (Å²) >= 11 is 1.48. The number of rotatable bonds is 6. The Morgan fingerprint density at radius 3 is 2.93 bits per heavy atom. The first-order valence-electron chi connectivity index (χ1n) is 8.75. The minimum absolute atomic E-state index is 0.0187. The second kappa shape index (κ2) is 8.45. The molecule has 2 heterocycles. The average Bonchev–Trinajstić information content (AvgIpc) is 3.11. The van der Waals surface area contributed by atoms with Gasteiger partial charge in [-0.2, -0.15) is 0 Å². The molecule has 0 bridgehead atoms. The van der Waals surface area contributed by atoms with Gasteiger partial charge in [0.05, 0.1) is 23.0 Å². The maximum Gasteiger partial charge on any atom is 0.218 e. The van der Waals surface area contributed by atoms with Gasteiger partial charge in [-0.15, -0.1) is 11.3 Å². The molecule has 27 heavy (non-hydrogen) atoms. The molecule has 2 aromatic rings. The van der Waals surface area contributed by atoms with Crippen molar-refractivity contribution in [2.45, 2.75) is 38.0 Å². The Labute approximate surface area is 162 Å². The zero-order valence-electron chi connectivity index (χ0n) is 15.0. The summed E-state index contributed by atoms with van der Waals surface area (Å²) in [5.41, 5.74) is 0.961. The normalized spacial score (nSPS) is 18.4. The molecule has 0 aliphatic carbocycles. The number of hydrogen-bond acceptors (Lipinski definition) is 5. The largest absolute Gasteiger partial charge is 0.351 e. The molecular weight excluding hydrogens is 389 g/mol. The summed E-state index contributed by atoms with van der Waals surface area (Å²) in [7, 11) is -3.60. The van der Waals surface area contributed by atoms with E-state index < -0.39 is 15.8 Å². The first-order chi connectivity index (χ1) is 12.8. The molecular formula is C18H22FN3O3S2. The van der Waals surface area contributed by atoms with Crippen LogP contribution in [0.1, 0.15) is 41.9 Å². The van der Waals surface area contributed by atoms with Crippen LogP contribution in [0.5, 0.6) is 0 Å². The Balaban J connectivity index is 1.68. The van der Waals surface area contributed by atoms with Crippen molar-refractivity contribution in [1.29, 1.82) is 0 Å². The first kappa shape index (κ1) is 19.9. The second-order valence-corrected chi connectivity index (χ2v) is 9.49. The van der Waals surface area contributed by atoms with Crippen molar-refractivity contribution in [3.8, 4) is 0 Å². The zero-order chi connectivity index (χ0) is 19.4. The van der Waals surface area contributed by atoms with Crippen molar-refractivity contribution >= 4 is 27.3 Å². The van der Waals surface area contributed by atoms with Crippen LogP contribution < -0.4 is 5.32 Å². The lowest BCUT2D eigenvalue weighted by molar-refractivity contribution is -0.119. The van der Waals surface area contributed by atoms with Crippen molar-refractivity contribution in [3.05, 3.63) is 51.7 Å². The fraction of sp³-hybridized carbons (Fsp3) is 0.444. The Morgan fingerprint density at radius 1 is 1.41 bits per heavy atom. The fourth-order valence-corrected chi connectivity index (χ4v) is 5.68. The monoisotopic (exact) mass is 411 g/mol. The van der Waals surface area contributed by atoms with Gasteiger partial charge >= 0.3 is 0 Å². The van der Waals surface area contributed by atoms with Crippen LogP contribution in [0, 0.1) is 5.82 Å². The van der Waals surface area contributed by atoms with Crippen LogP contribution in [0.4, 0.5) is 4.39 Å². The molecule has 1 fully saturated rings. The van der Waals surface area contributed by atoms with Crippen LogP contribution >= 0.6 is 11.3 Å². The van der Waals surface area contributed by atoms with E-state index in [-0.39, 0.29) is 23.1 Å². The lowest BCUT2D eigenvalue weighted by atomic mass is 10.0. The summed E-state index contributed by atoms with van der Waals surface area (Å²) in [6, 6.07) is 5.96. The molecule has 9 heteroatoms. The third kappa shape index (κ3) is 5.12. The number of hydrogen-bond donors (Lipinski definition) is 1. The topological polar surface area (TPSA) is 79.4 Å². The third-order valence-electron chi connectivity index (χ3n) is 4.51. The van der Waals surface area contributed by atoms with E-state index in [2.05, 4.69) is 10.3 Å². The Morgan fingerprint density at radius 2 is 2.19 bits per heavy atom. The molecule has 146 valence electrons. The number of benzene rings is 1. The smallest absolute Gasteiger partial charge is 0.218 e. The van der Waals surface area contributed by atoms with E-state index in [9.17, 15) is 17.6 Å². The van der Waals surface area contributed by atoms with Gasteiger partial charge in [-0.3, -0.25) is 4.79 Å². The van der Waals surface area contributed by atoms with Gasteiger partial charge in [-0.25, -0.2) is 22.1 Å². The molecule has 1 aliphatic heterocycles. The summed E-state index contributed by atoms with van der Waals surface area (Å²) < 4.78 is 40.8. The number of carbonyl (C=O) groups excluding carboxylic acids is 1. The van der Waals surface area contributed by atoms with Gasteiger partial charge < -0.3 is 5.32 Å². The first-order valence-corrected chi connectivity index (χ1v) is 11.2. The van der Waals surface area contributed by atoms with E-state index in [1.54, 1.807) is 12.1 Å². The maximum absolute atomic E-state index is 13.8. The Hall–Kier alpha value is -1.84. The summed E-state index contributed by atoms with van der Waals surface area (Å²) in [6.45, 7) is 2.61. The van der Waals surface area contributed by atoms with Crippen molar-refractivity contribution in [2.24, 2.45) is 0 Å². The van der Waals surface area contributed by atoms with Gasteiger partial charge in [0.1, 0.15) is 5.82 Å². The predicted molar refractivity (Wildman–Crippen MR) is 102 cm³/mol. The number of nitrogens with one attached hydrogen (secondary N) is 1. The predicted octanol–water partition coefficient (Wildman–Crippen LogP) is 2.63. The number of halogens is 1. The number of thiazole rings is 1. The van der Waals surface area contributed by atoms with Gasteiger partial charge in [0.2, 0.25) is 15.9 Å². The van der Waals surface area contributed by atoms with E-state index in [4.69, 9.17) is 0 Å². The minimum atomic E-state index is -3.60.